The molecule has 7 nitrogen and oxygen atoms in total. The molecule has 0 spiro atoms. The molecule has 2 aromatic rings. The number of likely N-dealkylation sites (N-methyl/N-ethyl adjacent to an activating group) is 1. The van der Waals surface area contributed by atoms with Crippen LogP contribution in [0.4, 0.5) is 5.69 Å². The number of nitrogens with zero attached hydrogens (tertiary/aromatic N) is 1. The third-order valence-electron chi connectivity index (χ3n) is 3.96. The highest BCUT2D eigenvalue weighted by Crippen LogP contribution is 2.32. The number of rotatable bonds is 5. The zero-order valence-electron chi connectivity index (χ0n) is 14.7. The zero-order chi connectivity index (χ0) is 18.5. The van der Waals surface area contributed by atoms with Crippen LogP contribution in [0.1, 0.15) is 10.9 Å². The molecule has 2 heterocycles. The van der Waals surface area contributed by atoms with Gasteiger partial charge in [-0.1, -0.05) is 6.07 Å². The molecular formula is C18H21N3O4S. The molecule has 1 aromatic carbocycles. The number of carbonyl (C=O) groups excluding carboxylic acids is 2. The minimum Gasteiger partial charge on any atom is -0.486 e. The lowest BCUT2D eigenvalue weighted by Crippen LogP contribution is -2.40. The Balaban J connectivity index is 1.57. The second-order valence-electron chi connectivity index (χ2n) is 6.02. The summed E-state index contributed by atoms with van der Waals surface area (Å²) in [7, 11) is 3.87. The third kappa shape index (κ3) is 4.33. The van der Waals surface area contributed by atoms with E-state index in [0.717, 1.165) is 4.88 Å². The van der Waals surface area contributed by atoms with Crippen LogP contribution in [0.3, 0.4) is 0 Å². The maximum absolute atomic E-state index is 12.1. The summed E-state index contributed by atoms with van der Waals surface area (Å²) >= 11 is 1.62. The number of thiophene rings is 1. The molecule has 138 valence electrons. The van der Waals surface area contributed by atoms with Crippen LogP contribution >= 0.6 is 11.3 Å². The van der Waals surface area contributed by atoms with Gasteiger partial charge in [0.25, 0.3) is 0 Å². The Morgan fingerprint density at radius 3 is 2.62 bits per heavy atom. The first-order chi connectivity index (χ1) is 12.5. The number of fused-ring (bicyclic) bond motifs is 1. The van der Waals surface area contributed by atoms with E-state index in [9.17, 15) is 9.59 Å². The third-order valence-corrected chi connectivity index (χ3v) is 4.93. The first-order valence-electron chi connectivity index (χ1n) is 8.23. The predicted octanol–water partition coefficient (Wildman–Crippen LogP) is 1.88. The molecule has 0 aliphatic carbocycles. The van der Waals surface area contributed by atoms with Gasteiger partial charge >= 0.3 is 11.8 Å². The van der Waals surface area contributed by atoms with Gasteiger partial charge in [0.05, 0.1) is 6.04 Å². The van der Waals surface area contributed by atoms with Crippen LogP contribution in [0.5, 0.6) is 11.5 Å². The Bertz CT molecular complexity index is 777. The summed E-state index contributed by atoms with van der Waals surface area (Å²) in [5.74, 6) is -0.211. The topological polar surface area (TPSA) is 79.9 Å². The fourth-order valence-electron chi connectivity index (χ4n) is 2.60. The maximum atomic E-state index is 12.1. The molecule has 0 saturated carbocycles. The molecule has 8 heteroatoms. The lowest BCUT2D eigenvalue weighted by molar-refractivity contribution is -0.136. The van der Waals surface area contributed by atoms with Crippen LogP contribution in [-0.4, -0.2) is 50.6 Å². The molecule has 3 rings (SSSR count). The van der Waals surface area contributed by atoms with E-state index in [1.54, 1.807) is 29.5 Å². The van der Waals surface area contributed by atoms with Crippen LogP contribution in [0, 0.1) is 0 Å². The SMILES string of the molecule is CN(C)[C@H](CNC(=O)C(=O)Nc1ccc2c(c1)OCCO2)c1cccs1. The molecule has 1 aliphatic heterocycles. The van der Waals surface area contributed by atoms with Gasteiger partial charge in [0.1, 0.15) is 13.2 Å². The molecule has 1 aromatic heterocycles. The second kappa shape index (κ2) is 8.20. The van der Waals surface area contributed by atoms with E-state index in [1.807, 2.05) is 36.5 Å². The summed E-state index contributed by atoms with van der Waals surface area (Å²) in [4.78, 5) is 27.4. The summed E-state index contributed by atoms with van der Waals surface area (Å²) in [6, 6.07) is 9.02. The van der Waals surface area contributed by atoms with E-state index in [1.165, 1.54) is 0 Å². The van der Waals surface area contributed by atoms with E-state index in [2.05, 4.69) is 10.6 Å². The summed E-state index contributed by atoms with van der Waals surface area (Å²) in [6.45, 7) is 1.30. The average Bonchev–Trinajstić information content (AvgIpc) is 3.15. The van der Waals surface area contributed by atoms with Gasteiger partial charge in [-0.05, 0) is 37.7 Å². The van der Waals surface area contributed by atoms with Crippen molar-refractivity contribution in [1.29, 1.82) is 0 Å². The second-order valence-corrected chi connectivity index (χ2v) is 7.00. The van der Waals surface area contributed by atoms with Crippen LogP contribution in [0.15, 0.2) is 35.7 Å². The highest BCUT2D eigenvalue weighted by atomic mass is 32.1. The summed E-state index contributed by atoms with van der Waals surface area (Å²) in [5.41, 5.74) is 0.483. The van der Waals surface area contributed by atoms with Crippen molar-refractivity contribution < 1.29 is 19.1 Å². The van der Waals surface area contributed by atoms with Crippen LogP contribution in [-0.2, 0) is 9.59 Å². The van der Waals surface area contributed by atoms with Gasteiger partial charge in [-0.3, -0.25) is 9.59 Å². The highest BCUT2D eigenvalue weighted by Gasteiger charge is 2.20. The first-order valence-corrected chi connectivity index (χ1v) is 9.11. The average molecular weight is 375 g/mol. The zero-order valence-corrected chi connectivity index (χ0v) is 15.5. The smallest absolute Gasteiger partial charge is 0.313 e. The number of ether oxygens (including phenoxy) is 2. The predicted molar refractivity (Wildman–Crippen MR) is 99.8 cm³/mol. The van der Waals surface area contributed by atoms with E-state index in [-0.39, 0.29) is 6.04 Å². The van der Waals surface area contributed by atoms with Gasteiger partial charge in [-0.25, -0.2) is 0 Å². The normalized spacial score (nSPS) is 14.0. The van der Waals surface area contributed by atoms with Crippen molar-refractivity contribution in [1.82, 2.24) is 10.2 Å². The van der Waals surface area contributed by atoms with Crippen LogP contribution < -0.4 is 20.1 Å². The molecule has 2 amide bonds. The lowest BCUT2D eigenvalue weighted by atomic mass is 10.2. The standard InChI is InChI=1S/C18H21N3O4S/c1-21(2)13(16-4-3-9-26-16)11-19-17(22)18(23)20-12-5-6-14-15(10-12)25-8-7-24-14/h3-6,9-10,13H,7-8,11H2,1-2H3,(H,19,22)(H,20,23)/t13-/m1/s1. The number of anilines is 1. The number of carbonyl (C=O) groups is 2. The van der Waals surface area contributed by atoms with Gasteiger partial charge in [-0.2, -0.15) is 0 Å². The molecule has 0 fully saturated rings. The molecule has 0 unspecified atom stereocenters. The Morgan fingerprint density at radius 1 is 1.15 bits per heavy atom. The minimum atomic E-state index is -0.717. The minimum absolute atomic E-state index is 0.0149. The van der Waals surface area contributed by atoms with Crippen molar-refractivity contribution in [3.05, 3.63) is 40.6 Å². The Labute approximate surface area is 155 Å². The van der Waals surface area contributed by atoms with E-state index >= 15 is 0 Å². The molecule has 26 heavy (non-hydrogen) atoms. The van der Waals surface area contributed by atoms with Crippen molar-refractivity contribution in [2.75, 3.05) is 39.2 Å². The fraction of sp³-hybridized carbons (Fsp3) is 0.333. The van der Waals surface area contributed by atoms with Crippen molar-refractivity contribution >= 4 is 28.8 Å². The number of hydrogen-bond donors (Lipinski definition) is 2. The molecule has 0 bridgehead atoms. The molecule has 1 aliphatic rings. The van der Waals surface area contributed by atoms with Crippen molar-refractivity contribution in [3.8, 4) is 11.5 Å². The summed E-state index contributed by atoms with van der Waals surface area (Å²) in [5, 5.41) is 7.26. The fourth-order valence-corrected chi connectivity index (χ4v) is 3.52. The van der Waals surface area contributed by atoms with E-state index in [4.69, 9.17) is 9.47 Å². The Hall–Kier alpha value is -2.58. The van der Waals surface area contributed by atoms with Crippen LogP contribution in [0.25, 0.3) is 0 Å². The highest BCUT2D eigenvalue weighted by molar-refractivity contribution is 7.10. The van der Waals surface area contributed by atoms with Gasteiger partial charge in [0.2, 0.25) is 0 Å². The number of hydrogen-bond acceptors (Lipinski definition) is 6. The molecule has 0 saturated heterocycles. The number of amides is 2. The lowest BCUT2D eigenvalue weighted by Gasteiger charge is -2.23. The van der Waals surface area contributed by atoms with Gasteiger partial charge in [0, 0.05) is 23.2 Å². The van der Waals surface area contributed by atoms with Gasteiger partial charge < -0.3 is 25.0 Å². The largest absolute Gasteiger partial charge is 0.486 e. The molecule has 2 N–H and O–H groups in total. The van der Waals surface area contributed by atoms with Crippen molar-refractivity contribution in [2.45, 2.75) is 6.04 Å². The number of nitrogens with one attached hydrogen (secondary N) is 2. The molecular weight excluding hydrogens is 354 g/mol. The monoisotopic (exact) mass is 375 g/mol. The summed E-state index contributed by atoms with van der Waals surface area (Å²) in [6.07, 6.45) is 0. The Morgan fingerprint density at radius 2 is 1.92 bits per heavy atom. The molecule has 0 radical (unpaired) electrons. The number of benzene rings is 1. The van der Waals surface area contributed by atoms with E-state index in [0.29, 0.717) is 36.9 Å². The van der Waals surface area contributed by atoms with E-state index < -0.39 is 11.8 Å². The van der Waals surface area contributed by atoms with Gasteiger partial charge in [0.15, 0.2) is 11.5 Å². The van der Waals surface area contributed by atoms with Crippen molar-refractivity contribution in [3.63, 3.8) is 0 Å². The van der Waals surface area contributed by atoms with Gasteiger partial charge in [-0.15, -0.1) is 11.3 Å². The van der Waals surface area contributed by atoms with Crippen LogP contribution in [0.2, 0.25) is 0 Å². The quantitative estimate of drug-likeness (QED) is 0.780. The first kappa shape index (κ1) is 18.2. The van der Waals surface area contributed by atoms with Crippen molar-refractivity contribution in [2.24, 2.45) is 0 Å². The maximum Gasteiger partial charge on any atom is 0.313 e. The molecule has 1 atom stereocenters. The Kier molecular flexibility index (Phi) is 5.75. The summed E-state index contributed by atoms with van der Waals surface area (Å²) < 4.78 is 10.9.